The second-order valence-electron chi connectivity index (χ2n) is 3.32. The van der Waals surface area contributed by atoms with Crippen molar-refractivity contribution in [1.82, 2.24) is 0 Å². The summed E-state index contributed by atoms with van der Waals surface area (Å²) in [6.45, 7) is 1.73. The minimum absolute atomic E-state index is 0.200. The first-order chi connectivity index (χ1) is 7.58. The van der Waals surface area contributed by atoms with Gasteiger partial charge in [-0.1, -0.05) is 35.0 Å². The lowest BCUT2D eigenvalue weighted by Gasteiger charge is -2.02. The Morgan fingerprint density at radius 2 is 2.25 bits per heavy atom. The third kappa shape index (κ3) is 3.17. The van der Waals surface area contributed by atoms with Gasteiger partial charge in [-0.3, -0.25) is 0 Å². The molecule has 0 unspecified atom stereocenters. The molecule has 4 heteroatoms. The highest BCUT2D eigenvalue weighted by atomic mass is 79.9. The van der Waals surface area contributed by atoms with E-state index >= 15 is 0 Å². The summed E-state index contributed by atoms with van der Waals surface area (Å²) >= 11 is 3.23. The van der Waals surface area contributed by atoms with Gasteiger partial charge in [-0.05, 0) is 24.1 Å². The van der Waals surface area contributed by atoms with E-state index in [-0.39, 0.29) is 5.57 Å². The molecule has 0 spiro atoms. The van der Waals surface area contributed by atoms with E-state index < -0.39 is 11.8 Å². The maximum absolute atomic E-state index is 13.5. The minimum atomic E-state index is -1.01. The summed E-state index contributed by atoms with van der Waals surface area (Å²) in [6, 6.07) is 4.75. The zero-order valence-electron chi connectivity index (χ0n) is 8.84. The van der Waals surface area contributed by atoms with Crippen molar-refractivity contribution < 1.29 is 14.3 Å². The highest BCUT2D eigenvalue weighted by molar-refractivity contribution is 9.08. The summed E-state index contributed by atoms with van der Waals surface area (Å²) < 4.78 is 13.5. The molecule has 0 radical (unpaired) electrons. The Balaban J connectivity index is 3.10. The van der Waals surface area contributed by atoms with E-state index in [1.165, 1.54) is 12.1 Å². The predicted octanol–water partition coefficient (Wildman–Crippen LogP) is 3.60. The Kier molecular flexibility index (Phi) is 4.68. The number of benzene rings is 1. The lowest BCUT2D eigenvalue weighted by atomic mass is 10.1. The van der Waals surface area contributed by atoms with Crippen molar-refractivity contribution in [2.45, 2.75) is 18.7 Å². The molecular formula is C12H12BrFO2. The molecule has 0 bridgehead atoms. The maximum Gasteiger partial charge on any atom is 0.331 e. The van der Waals surface area contributed by atoms with Crippen LogP contribution in [0.25, 0.3) is 6.08 Å². The van der Waals surface area contributed by atoms with E-state index in [1.54, 1.807) is 19.1 Å². The van der Waals surface area contributed by atoms with Gasteiger partial charge < -0.3 is 5.11 Å². The summed E-state index contributed by atoms with van der Waals surface area (Å²) in [5, 5.41) is 9.40. The number of halogens is 2. The molecule has 1 rings (SSSR count). The molecule has 16 heavy (non-hydrogen) atoms. The van der Waals surface area contributed by atoms with Gasteiger partial charge in [0.05, 0.1) is 0 Å². The van der Waals surface area contributed by atoms with Crippen LogP contribution in [0.3, 0.4) is 0 Å². The standard InChI is InChI=1S/C12H12BrFO2/c1-2-9(12(15)16)6-10-4-3-8(7-13)5-11(10)14/h3-6H,2,7H2,1H3,(H,15,16). The summed E-state index contributed by atoms with van der Waals surface area (Å²) in [6.07, 6.45) is 1.74. The highest BCUT2D eigenvalue weighted by Crippen LogP contribution is 2.17. The third-order valence-electron chi connectivity index (χ3n) is 2.20. The number of carboxylic acid groups (broad SMARTS) is 1. The lowest BCUT2D eigenvalue weighted by Crippen LogP contribution is -1.99. The average molecular weight is 287 g/mol. The summed E-state index contributed by atoms with van der Waals surface area (Å²) in [5.41, 5.74) is 1.33. The van der Waals surface area contributed by atoms with Crippen LogP contribution in [0.4, 0.5) is 4.39 Å². The molecule has 1 aromatic carbocycles. The zero-order chi connectivity index (χ0) is 12.1. The van der Waals surface area contributed by atoms with E-state index in [0.29, 0.717) is 17.3 Å². The molecule has 86 valence electrons. The number of carbonyl (C=O) groups is 1. The van der Waals surface area contributed by atoms with Gasteiger partial charge in [0.25, 0.3) is 0 Å². The minimum Gasteiger partial charge on any atom is -0.478 e. The smallest absolute Gasteiger partial charge is 0.331 e. The summed E-state index contributed by atoms with van der Waals surface area (Å²) in [5.74, 6) is -1.41. The van der Waals surface area contributed by atoms with Crippen molar-refractivity contribution in [3.63, 3.8) is 0 Å². The first-order valence-corrected chi connectivity index (χ1v) is 5.99. The largest absolute Gasteiger partial charge is 0.478 e. The van der Waals surface area contributed by atoms with Gasteiger partial charge in [0.2, 0.25) is 0 Å². The van der Waals surface area contributed by atoms with Crippen molar-refractivity contribution in [2.75, 3.05) is 0 Å². The van der Waals surface area contributed by atoms with Gasteiger partial charge in [-0.2, -0.15) is 0 Å². The van der Waals surface area contributed by atoms with Gasteiger partial charge in [-0.15, -0.1) is 0 Å². The van der Waals surface area contributed by atoms with E-state index in [9.17, 15) is 9.18 Å². The average Bonchev–Trinajstić information content (AvgIpc) is 2.26. The topological polar surface area (TPSA) is 37.3 Å². The van der Waals surface area contributed by atoms with Crippen molar-refractivity contribution in [3.05, 3.63) is 40.7 Å². The van der Waals surface area contributed by atoms with Crippen molar-refractivity contribution in [1.29, 1.82) is 0 Å². The Morgan fingerprint density at radius 3 is 2.69 bits per heavy atom. The number of alkyl halides is 1. The molecule has 1 N–H and O–H groups in total. The second-order valence-corrected chi connectivity index (χ2v) is 3.88. The number of aliphatic carboxylic acids is 1. The lowest BCUT2D eigenvalue weighted by molar-refractivity contribution is -0.132. The van der Waals surface area contributed by atoms with Gasteiger partial charge in [0.15, 0.2) is 0 Å². The van der Waals surface area contributed by atoms with Crippen LogP contribution >= 0.6 is 15.9 Å². The Bertz CT molecular complexity index is 427. The highest BCUT2D eigenvalue weighted by Gasteiger charge is 2.07. The molecule has 0 aliphatic rings. The number of hydrogen-bond acceptors (Lipinski definition) is 1. The van der Waals surface area contributed by atoms with Crippen LogP contribution in [0.1, 0.15) is 24.5 Å². The van der Waals surface area contributed by atoms with Gasteiger partial charge >= 0.3 is 5.97 Å². The third-order valence-corrected chi connectivity index (χ3v) is 2.85. The monoisotopic (exact) mass is 286 g/mol. The number of carboxylic acids is 1. The maximum atomic E-state index is 13.5. The number of rotatable bonds is 4. The van der Waals surface area contributed by atoms with Crippen LogP contribution in [0.15, 0.2) is 23.8 Å². The molecule has 1 aromatic rings. The zero-order valence-corrected chi connectivity index (χ0v) is 10.4. The van der Waals surface area contributed by atoms with Gasteiger partial charge in [0.1, 0.15) is 5.82 Å². The molecule has 0 saturated heterocycles. The molecule has 0 amide bonds. The van der Waals surface area contributed by atoms with E-state index in [1.807, 2.05) is 0 Å². The predicted molar refractivity (Wildman–Crippen MR) is 64.9 cm³/mol. The fourth-order valence-corrected chi connectivity index (χ4v) is 1.62. The molecular weight excluding hydrogens is 275 g/mol. The van der Waals surface area contributed by atoms with Crippen LogP contribution in [-0.2, 0) is 10.1 Å². The normalized spacial score (nSPS) is 11.6. The SMILES string of the molecule is CCC(=Cc1ccc(CBr)cc1F)C(=O)O. The summed E-state index contributed by atoms with van der Waals surface area (Å²) in [4.78, 5) is 10.8. The molecule has 0 atom stereocenters. The molecule has 0 heterocycles. The van der Waals surface area contributed by atoms with E-state index in [2.05, 4.69) is 15.9 Å². The Labute approximate surface area is 102 Å². The van der Waals surface area contributed by atoms with E-state index in [0.717, 1.165) is 5.56 Å². The van der Waals surface area contributed by atoms with Crippen LogP contribution in [0.5, 0.6) is 0 Å². The molecule has 0 aromatic heterocycles. The van der Waals surface area contributed by atoms with E-state index in [4.69, 9.17) is 5.11 Å². The first kappa shape index (κ1) is 12.9. The van der Waals surface area contributed by atoms with Crippen LogP contribution in [0.2, 0.25) is 0 Å². The van der Waals surface area contributed by atoms with Crippen molar-refractivity contribution in [2.24, 2.45) is 0 Å². The molecule has 0 aliphatic carbocycles. The Hall–Kier alpha value is -1.16. The Morgan fingerprint density at radius 1 is 1.56 bits per heavy atom. The molecule has 2 nitrogen and oxygen atoms in total. The molecule has 0 aliphatic heterocycles. The van der Waals surface area contributed by atoms with Crippen LogP contribution in [0, 0.1) is 5.82 Å². The van der Waals surface area contributed by atoms with Crippen molar-refractivity contribution in [3.8, 4) is 0 Å². The number of hydrogen-bond donors (Lipinski definition) is 1. The second kappa shape index (κ2) is 5.80. The fraction of sp³-hybridized carbons (Fsp3) is 0.250. The van der Waals surface area contributed by atoms with Crippen LogP contribution in [-0.4, -0.2) is 11.1 Å². The quantitative estimate of drug-likeness (QED) is 0.678. The molecule has 0 fully saturated rings. The van der Waals surface area contributed by atoms with Gasteiger partial charge in [-0.25, -0.2) is 9.18 Å². The van der Waals surface area contributed by atoms with Crippen LogP contribution < -0.4 is 0 Å². The van der Waals surface area contributed by atoms with Gasteiger partial charge in [0, 0.05) is 16.5 Å². The first-order valence-electron chi connectivity index (χ1n) is 4.86. The molecule has 0 saturated carbocycles. The summed E-state index contributed by atoms with van der Waals surface area (Å²) in [7, 11) is 0. The van der Waals surface area contributed by atoms with Crippen molar-refractivity contribution >= 4 is 28.0 Å². The fourth-order valence-electron chi connectivity index (χ4n) is 1.27.